The molecule has 5 nitrogen and oxygen atoms in total. The van der Waals surface area contributed by atoms with E-state index in [9.17, 15) is 5.11 Å². The minimum Gasteiger partial charge on any atom is -0.388 e. The van der Waals surface area contributed by atoms with Gasteiger partial charge in [-0.05, 0) is 12.1 Å². The molecule has 0 saturated carbocycles. The molecule has 0 saturated heterocycles. The number of aliphatic hydroxyl groups excluding tert-OH is 1. The summed E-state index contributed by atoms with van der Waals surface area (Å²) in [6.45, 7) is 0.559. The molecule has 2 aromatic rings. The van der Waals surface area contributed by atoms with Gasteiger partial charge in [0.1, 0.15) is 5.82 Å². The fraction of sp³-hybridized carbons (Fsp3) is 0.385. The van der Waals surface area contributed by atoms with Crippen LogP contribution in [0.15, 0.2) is 35.5 Å². The van der Waals surface area contributed by atoms with Crippen LogP contribution in [0.2, 0.25) is 0 Å². The third kappa shape index (κ3) is 3.56. The van der Waals surface area contributed by atoms with Crippen LogP contribution in [0.4, 0.5) is 0 Å². The van der Waals surface area contributed by atoms with Crippen LogP contribution in [0.1, 0.15) is 17.5 Å². The fourth-order valence-corrected chi connectivity index (χ4v) is 2.64. The Balaban J connectivity index is 1.95. The Labute approximate surface area is 116 Å². The van der Waals surface area contributed by atoms with Crippen molar-refractivity contribution in [1.82, 2.24) is 14.8 Å². The Kier molecular flexibility index (Phi) is 4.95. The SMILES string of the molecule is Cn1c(CCN)nnc1SC[C@H](O)c1ccccc1. The smallest absolute Gasteiger partial charge is 0.191 e. The zero-order valence-electron chi connectivity index (χ0n) is 10.9. The first-order valence-electron chi connectivity index (χ1n) is 6.16. The van der Waals surface area contributed by atoms with Crippen LogP contribution in [-0.4, -0.2) is 32.2 Å². The molecule has 2 rings (SSSR count). The van der Waals surface area contributed by atoms with Gasteiger partial charge >= 0.3 is 0 Å². The van der Waals surface area contributed by atoms with E-state index >= 15 is 0 Å². The summed E-state index contributed by atoms with van der Waals surface area (Å²) in [5.41, 5.74) is 6.43. The number of nitrogens with two attached hydrogens (primary N) is 1. The lowest BCUT2D eigenvalue weighted by molar-refractivity contribution is 0.204. The monoisotopic (exact) mass is 278 g/mol. The summed E-state index contributed by atoms with van der Waals surface area (Å²) in [7, 11) is 1.92. The Morgan fingerprint density at radius 2 is 2.05 bits per heavy atom. The molecule has 102 valence electrons. The minimum absolute atomic E-state index is 0.499. The number of nitrogens with zero attached hydrogens (tertiary/aromatic N) is 3. The number of rotatable bonds is 6. The maximum atomic E-state index is 10.1. The number of thioether (sulfide) groups is 1. The molecule has 3 N–H and O–H groups in total. The summed E-state index contributed by atoms with van der Waals surface area (Å²) >= 11 is 1.50. The van der Waals surface area contributed by atoms with Crippen molar-refractivity contribution in [2.45, 2.75) is 17.7 Å². The van der Waals surface area contributed by atoms with Crippen molar-refractivity contribution >= 4 is 11.8 Å². The van der Waals surface area contributed by atoms with E-state index in [0.717, 1.165) is 16.5 Å². The molecule has 6 heteroatoms. The van der Waals surface area contributed by atoms with Crippen molar-refractivity contribution in [3.63, 3.8) is 0 Å². The van der Waals surface area contributed by atoms with E-state index < -0.39 is 6.10 Å². The lowest BCUT2D eigenvalue weighted by atomic mass is 10.1. The van der Waals surface area contributed by atoms with E-state index in [2.05, 4.69) is 10.2 Å². The second kappa shape index (κ2) is 6.70. The predicted molar refractivity (Wildman–Crippen MR) is 75.9 cm³/mol. The second-order valence-electron chi connectivity index (χ2n) is 4.23. The van der Waals surface area contributed by atoms with E-state index in [-0.39, 0.29) is 0 Å². The molecule has 0 unspecified atom stereocenters. The summed E-state index contributed by atoms with van der Waals surface area (Å²) in [5.74, 6) is 1.43. The molecule has 0 aliphatic rings. The van der Waals surface area contributed by atoms with Crippen LogP contribution >= 0.6 is 11.8 Å². The maximum absolute atomic E-state index is 10.1. The van der Waals surface area contributed by atoms with Crippen LogP contribution in [0, 0.1) is 0 Å². The molecular formula is C13H18N4OS. The summed E-state index contributed by atoms with van der Waals surface area (Å²) in [6.07, 6.45) is 0.214. The van der Waals surface area contributed by atoms with Crippen LogP contribution in [0.25, 0.3) is 0 Å². The van der Waals surface area contributed by atoms with Crippen molar-refractivity contribution in [2.24, 2.45) is 12.8 Å². The maximum Gasteiger partial charge on any atom is 0.191 e. The van der Waals surface area contributed by atoms with Gasteiger partial charge in [-0.15, -0.1) is 10.2 Å². The van der Waals surface area contributed by atoms with Crippen LogP contribution in [0.3, 0.4) is 0 Å². The Morgan fingerprint density at radius 1 is 1.32 bits per heavy atom. The summed E-state index contributed by atoms with van der Waals surface area (Å²) < 4.78 is 1.93. The molecule has 0 aliphatic carbocycles. The Hall–Kier alpha value is -1.37. The largest absolute Gasteiger partial charge is 0.388 e. The average Bonchev–Trinajstić information content (AvgIpc) is 2.79. The lowest BCUT2D eigenvalue weighted by Crippen LogP contribution is -2.08. The molecule has 0 bridgehead atoms. The van der Waals surface area contributed by atoms with Gasteiger partial charge in [0.25, 0.3) is 0 Å². The van der Waals surface area contributed by atoms with Gasteiger partial charge in [-0.1, -0.05) is 42.1 Å². The first-order chi connectivity index (χ1) is 9.22. The summed E-state index contributed by atoms with van der Waals surface area (Å²) in [5, 5.41) is 19.1. The van der Waals surface area contributed by atoms with E-state index in [1.807, 2.05) is 41.9 Å². The molecule has 0 radical (unpaired) electrons. The molecule has 0 amide bonds. The highest BCUT2D eigenvalue weighted by Gasteiger charge is 2.12. The van der Waals surface area contributed by atoms with Crippen molar-refractivity contribution in [3.05, 3.63) is 41.7 Å². The molecule has 1 aromatic carbocycles. The normalized spacial score (nSPS) is 12.6. The van der Waals surface area contributed by atoms with Crippen LogP contribution in [-0.2, 0) is 13.5 Å². The van der Waals surface area contributed by atoms with Crippen molar-refractivity contribution in [2.75, 3.05) is 12.3 Å². The van der Waals surface area contributed by atoms with Gasteiger partial charge in [0.05, 0.1) is 6.10 Å². The molecule has 0 spiro atoms. The van der Waals surface area contributed by atoms with Crippen molar-refractivity contribution < 1.29 is 5.11 Å². The van der Waals surface area contributed by atoms with Gasteiger partial charge in [-0.3, -0.25) is 0 Å². The van der Waals surface area contributed by atoms with E-state index in [1.165, 1.54) is 11.8 Å². The standard InChI is InChI=1S/C13H18N4OS/c1-17-12(7-8-14)15-16-13(17)19-9-11(18)10-5-3-2-4-6-10/h2-6,11,18H,7-9,14H2,1H3/t11-/m0/s1. The topological polar surface area (TPSA) is 77.0 Å². The predicted octanol–water partition coefficient (Wildman–Crippen LogP) is 1.14. The molecule has 0 aliphatic heterocycles. The van der Waals surface area contributed by atoms with E-state index in [0.29, 0.717) is 18.7 Å². The number of benzene rings is 1. The third-order valence-corrected chi connectivity index (χ3v) is 3.94. The van der Waals surface area contributed by atoms with Gasteiger partial charge in [-0.25, -0.2) is 0 Å². The van der Waals surface area contributed by atoms with Crippen LogP contribution in [0.5, 0.6) is 0 Å². The quantitative estimate of drug-likeness (QED) is 0.775. The number of hydrogen-bond acceptors (Lipinski definition) is 5. The highest BCUT2D eigenvalue weighted by Crippen LogP contribution is 2.23. The van der Waals surface area contributed by atoms with Gasteiger partial charge in [0.15, 0.2) is 5.16 Å². The van der Waals surface area contributed by atoms with Crippen molar-refractivity contribution in [3.8, 4) is 0 Å². The zero-order valence-corrected chi connectivity index (χ0v) is 11.7. The minimum atomic E-state index is -0.499. The Bertz CT molecular complexity index is 515. The summed E-state index contributed by atoms with van der Waals surface area (Å²) in [6, 6.07) is 9.62. The Morgan fingerprint density at radius 3 is 2.74 bits per heavy atom. The van der Waals surface area contributed by atoms with E-state index in [1.54, 1.807) is 0 Å². The molecule has 0 fully saturated rings. The molecule has 1 heterocycles. The molecule has 19 heavy (non-hydrogen) atoms. The average molecular weight is 278 g/mol. The third-order valence-electron chi connectivity index (χ3n) is 2.85. The first kappa shape index (κ1) is 14.0. The van der Waals surface area contributed by atoms with Gasteiger partial charge in [0, 0.05) is 19.2 Å². The van der Waals surface area contributed by atoms with E-state index in [4.69, 9.17) is 5.73 Å². The molecular weight excluding hydrogens is 260 g/mol. The number of aromatic nitrogens is 3. The van der Waals surface area contributed by atoms with Gasteiger partial charge in [-0.2, -0.15) is 0 Å². The molecule has 1 aromatic heterocycles. The fourth-order valence-electron chi connectivity index (χ4n) is 1.74. The first-order valence-corrected chi connectivity index (χ1v) is 7.15. The van der Waals surface area contributed by atoms with Crippen LogP contribution < -0.4 is 5.73 Å². The number of aliphatic hydroxyl groups is 1. The molecule has 1 atom stereocenters. The second-order valence-corrected chi connectivity index (χ2v) is 5.22. The highest BCUT2D eigenvalue weighted by atomic mass is 32.2. The lowest BCUT2D eigenvalue weighted by Gasteiger charge is -2.10. The summed E-state index contributed by atoms with van der Waals surface area (Å²) in [4.78, 5) is 0. The highest BCUT2D eigenvalue weighted by molar-refractivity contribution is 7.99. The van der Waals surface area contributed by atoms with Crippen molar-refractivity contribution in [1.29, 1.82) is 0 Å². The number of hydrogen-bond donors (Lipinski definition) is 2. The van der Waals surface area contributed by atoms with Gasteiger partial charge < -0.3 is 15.4 Å². The van der Waals surface area contributed by atoms with Gasteiger partial charge in [0.2, 0.25) is 0 Å². The zero-order chi connectivity index (χ0) is 13.7.